The minimum absolute atomic E-state index is 0.118. The van der Waals surface area contributed by atoms with Crippen LogP contribution in [0.15, 0.2) is 52.0 Å². The van der Waals surface area contributed by atoms with E-state index in [2.05, 4.69) is 4.72 Å². The Kier molecular flexibility index (Phi) is 4.04. The normalized spacial score (nSPS) is 13.4. The van der Waals surface area contributed by atoms with E-state index in [0.29, 0.717) is 5.76 Å². The average molecular weight is 280 g/mol. The first-order valence-corrected chi connectivity index (χ1v) is 7.35. The molecule has 1 heterocycles. The molecule has 0 bridgehead atoms. The first-order valence-electron chi connectivity index (χ1n) is 5.86. The van der Waals surface area contributed by atoms with Crippen LogP contribution in [0.25, 0.3) is 0 Å². The first-order chi connectivity index (χ1) is 8.99. The Balaban J connectivity index is 2.10. The zero-order valence-corrected chi connectivity index (χ0v) is 11.4. The first kappa shape index (κ1) is 13.8. The standard InChI is InChI=1S/C13H16N2O3S/c1-10(14)11-4-6-13(7-5-11)19(16,17)15-9-12-3-2-8-18-12/h2-8,10,15H,9,14H2,1H3. The predicted molar refractivity (Wildman–Crippen MR) is 71.8 cm³/mol. The summed E-state index contributed by atoms with van der Waals surface area (Å²) in [6.07, 6.45) is 1.50. The van der Waals surface area contributed by atoms with Crippen LogP contribution in [0, 0.1) is 0 Å². The second-order valence-electron chi connectivity index (χ2n) is 4.26. The molecule has 2 aromatic rings. The van der Waals surface area contributed by atoms with Crippen LogP contribution in [0.3, 0.4) is 0 Å². The zero-order valence-electron chi connectivity index (χ0n) is 10.5. The van der Waals surface area contributed by atoms with Crippen LogP contribution in [0.2, 0.25) is 0 Å². The van der Waals surface area contributed by atoms with Gasteiger partial charge in [-0.1, -0.05) is 12.1 Å². The molecule has 0 saturated heterocycles. The molecule has 1 atom stereocenters. The van der Waals surface area contributed by atoms with E-state index in [1.165, 1.54) is 6.26 Å². The van der Waals surface area contributed by atoms with Crippen molar-refractivity contribution in [2.45, 2.75) is 24.4 Å². The minimum Gasteiger partial charge on any atom is -0.468 e. The smallest absolute Gasteiger partial charge is 0.240 e. The van der Waals surface area contributed by atoms with Crippen molar-refractivity contribution >= 4 is 10.0 Å². The highest BCUT2D eigenvalue weighted by Gasteiger charge is 2.14. The Labute approximate surface area is 112 Å². The van der Waals surface area contributed by atoms with E-state index in [9.17, 15) is 8.42 Å². The van der Waals surface area contributed by atoms with Gasteiger partial charge in [-0.2, -0.15) is 0 Å². The molecule has 0 fully saturated rings. The molecular weight excluding hydrogens is 264 g/mol. The molecule has 0 amide bonds. The fraction of sp³-hybridized carbons (Fsp3) is 0.231. The Hall–Kier alpha value is -1.63. The highest BCUT2D eigenvalue weighted by molar-refractivity contribution is 7.89. The Morgan fingerprint density at radius 3 is 2.47 bits per heavy atom. The third kappa shape index (κ3) is 3.44. The molecule has 1 aromatic carbocycles. The van der Waals surface area contributed by atoms with Crippen LogP contribution in [0.5, 0.6) is 0 Å². The highest BCUT2D eigenvalue weighted by atomic mass is 32.2. The van der Waals surface area contributed by atoms with Crippen LogP contribution in [0.1, 0.15) is 24.3 Å². The van der Waals surface area contributed by atoms with Gasteiger partial charge in [0.15, 0.2) is 0 Å². The number of benzene rings is 1. The maximum atomic E-state index is 12.0. The summed E-state index contributed by atoms with van der Waals surface area (Å²) in [6.45, 7) is 1.98. The van der Waals surface area contributed by atoms with Gasteiger partial charge in [0.25, 0.3) is 0 Å². The molecule has 6 heteroatoms. The summed E-state index contributed by atoms with van der Waals surface area (Å²) in [7, 11) is -3.53. The molecule has 0 spiro atoms. The van der Waals surface area contributed by atoms with E-state index in [1.54, 1.807) is 36.4 Å². The Morgan fingerprint density at radius 2 is 1.95 bits per heavy atom. The molecule has 3 N–H and O–H groups in total. The van der Waals surface area contributed by atoms with Gasteiger partial charge >= 0.3 is 0 Å². The summed E-state index contributed by atoms with van der Waals surface area (Å²) >= 11 is 0. The molecule has 19 heavy (non-hydrogen) atoms. The van der Waals surface area contributed by atoms with Crippen molar-refractivity contribution in [1.29, 1.82) is 0 Å². The Morgan fingerprint density at radius 1 is 1.26 bits per heavy atom. The lowest BCUT2D eigenvalue weighted by Crippen LogP contribution is -2.23. The van der Waals surface area contributed by atoms with E-state index in [-0.39, 0.29) is 17.5 Å². The molecule has 0 aliphatic carbocycles. The van der Waals surface area contributed by atoms with Gasteiger partial charge in [-0.25, -0.2) is 13.1 Å². The van der Waals surface area contributed by atoms with Crippen molar-refractivity contribution in [3.63, 3.8) is 0 Å². The van der Waals surface area contributed by atoms with Crippen molar-refractivity contribution in [3.8, 4) is 0 Å². The number of nitrogens with two attached hydrogens (primary N) is 1. The second-order valence-corrected chi connectivity index (χ2v) is 6.03. The lowest BCUT2D eigenvalue weighted by atomic mass is 10.1. The average Bonchev–Trinajstić information content (AvgIpc) is 2.90. The van der Waals surface area contributed by atoms with Gasteiger partial charge in [0.2, 0.25) is 10.0 Å². The van der Waals surface area contributed by atoms with Crippen LogP contribution >= 0.6 is 0 Å². The van der Waals surface area contributed by atoms with E-state index >= 15 is 0 Å². The van der Waals surface area contributed by atoms with Crippen LogP contribution in [0.4, 0.5) is 0 Å². The molecule has 0 saturated carbocycles. The minimum atomic E-state index is -3.53. The quantitative estimate of drug-likeness (QED) is 0.874. The SMILES string of the molecule is CC(N)c1ccc(S(=O)(=O)NCc2ccco2)cc1. The molecule has 1 aromatic heterocycles. The van der Waals surface area contributed by atoms with Gasteiger partial charge in [-0.05, 0) is 36.8 Å². The van der Waals surface area contributed by atoms with Crippen molar-refractivity contribution in [3.05, 3.63) is 54.0 Å². The fourth-order valence-electron chi connectivity index (χ4n) is 1.61. The summed E-state index contributed by atoms with van der Waals surface area (Å²) in [6, 6.07) is 9.82. The van der Waals surface area contributed by atoms with Crippen molar-refractivity contribution in [1.82, 2.24) is 4.72 Å². The number of hydrogen-bond donors (Lipinski definition) is 2. The molecule has 102 valence electrons. The summed E-state index contributed by atoms with van der Waals surface area (Å²) in [5.74, 6) is 0.566. The molecule has 1 unspecified atom stereocenters. The van der Waals surface area contributed by atoms with E-state index in [0.717, 1.165) is 5.56 Å². The van der Waals surface area contributed by atoms with Crippen LogP contribution in [-0.4, -0.2) is 8.42 Å². The molecular formula is C13H16N2O3S. The lowest BCUT2D eigenvalue weighted by Gasteiger charge is -2.08. The topological polar surface area (TPSA) is 85.3 Å². The van der Waals surface area contributed by atoms with Gasteiger partial charge in [0.05, 0.1) is 17.7 Å². The van der Waals surface area contributed by atoms with Gasteiger partial charge in [0.1, 0.15) is 5.76 Å². The van der Waals surface area contributed by atoms with Crippen molar-refractivity contribution < 1.29 is 12.8 Å². The molecule has 0 radical (unpaired) electrons. The molecule has 0 aliphatic rings. The molecule has 2 rings (SSSR count). The largest absolute Gasteiger partial charge is 0.468 e. The van der Waals surface area contributed by atoms with Crippen molar-refractivity contribution in [2.24, 2.45) is 5.73 Å². The number of furan rings is 1. The van der Waals surface area contributed by atoms with Crippen molar-refractivity contribution in [2.75, 3.05) is 0 Å². The highest BCUT2D eigenvalue weighted by Crippen LogP contribution is 2.15. The Bertz CT molecular complexity index is 616. The summed E-state index contributed by atoms with van der Waals surface area (Å²) in [5.41, 5.74) is 6.61. The zero-order chi connectivity index (χ0) is 13.9. The number of rotatable bonds is 5. The number of sulfonamides is 1. The number of nitrogens with one attached hydrogen (secondary N) is 1. The monoisotopic (exact) mass is 280 g/mol. The van der Waals surface area contributed by atoms with Gasteiger partial charge in [-0.15, -0.1) is 0 Å². The summed E-state index contributed by atoms with van der Waals surface area (Å²) < 4.78 is 31.6. The maximum Gasteiger partial charge on any atom is 0.240 e. The van der Waals surface area contributed by atoms with E-state index < -0.39 is 10.0 Å². The van der Waals surface area contributed by atoms with Gasteiger partial charge in [0, 0.05) is 6.04 Å². The van der Waals surface area contributed by atoms with E-state index in [4.69, 9.17) is 10.2 Å². The van der Waals surface area contributed by atoms with E-state index in [1.807, 2.05) is 6.92 Å². The van der Waals surface area contributed by atoms with Gasteiger partial charge in [-0.3, -0.25) is 0 Å². The second kappa shape index (κ2) is 5.56. The molecule has 0 aliphatic heterocycles. The van der Waals surface area contributed by atoms with Crippen LogP contribution < -0.4 is 10.5 Å². The third-order valence-electron chi connectivity index (χ3n) is 2.73. The predicted octanol–water partition coefficient (Wildman–Crippen LogP) is 1.78. The summed E-state index contributed by atoms with van der Waals surface area (Å²) in [5, 5.41) is 0. The molecule has 5 nitrogen and oxygen atoms in total. The third-order valence-corrected chi connectivity index (χ3v) is 4.15. The van der Waals surface area contributed by atoms with Gasteiger partial charge < -0.3 is 10.2 Å². The lowest BCUT2D eigenvalue weighted by molar-refractivity contribution is 0.498. The number of hydrogen-bond acceptors (Lipinski definition) is 4. The maximum absolute atomic E-state index is 12.0. The fourth-order valence-corrected chi connectivity index (χ4v) is 2.61. The summed E-state index contributed by atoms with van der Waals surface area (Å²) in [4.78, 5) is 0.212. The van der Waals surface area contributed by atoms with Crippen LogP contribution in [-0.2, 0) is 16.6 Å².